The summed E-state index contributed by atoms with van der Waals surface area (Å²) in [7, 11) is 0. The summed E-state index contributed by atoms with van der Waals surface area (Å²) in [5.74, 6) is 0.749. The Hall–Kier alpha value is -0.300. The molecule has 3 aliphatic heterocycles. The monoisotopic (exact) mass is 440 g/mol. The van der Waals surface area contributed by atoms with Crippen LogP contribution in [0.1, 0.15) is 59.8 Å². The van der Waals surface area contributed by atoms with Crippen LogP contribution in [0, 0.1) is 11.3 Å². The molecular formula is C25H46F2N4. The van der Waals surface area contributed by atoms with Crippen LogP contribution in [0.25, 0.3) is 0 Å². The zero-order chi connectivity index (χ0) is 22.3. The smallest absolute Gasteiger partial charge is 0.148 e. The molecule has 31 heavy (non-hydrogen) atoms. The van der Waals surface area contributed by atoms with E-state index in [4.69, 9.17) is 0 Å². The SMILES string of the molecule is CC(C)CC1(CN2CCC(F)(CN3CC(F)(CN4CCN(C(C)C)CC4)C3)CC2)CC1. The summed E-state index contributed by atoms with van der Waals surface area (Å²) in [4.78, 5) is 9.26. The van der Waals surface area contributed by atoms with Crippen LogP contribution < -0.4 is 0 Å². The van der Waals surface area contributed by atoms with Crippen LogP contribution in [-0.2, 0) is 0 Å². The van der Waals surface area contributed by atoms with Crippen molar-refractivity contribution in [3.05, 3.63) is 0 Å². The van der Waals surface area contributed by atoms with Gasteiger partial charge >= 0.3 is 0 Å². The lowest BCUT2D eigenvalue weighted by Gasteiger charge is -2.50. The van der Waals surface area contributed by atoms with Gasteiger partial charge in [-0.15, -0.1) is 0 Å². The minimum absolute atomic E-state index is 0.407. The van der Waals surface area contributed by atoms with Gasteiger partial charge in [-0.3, -0.25) is 14.7 Å². The molecule has 0 amide bonds. The Labute approximate surface area is 189 Å². The van der Waals surface area contributed by atoms with E-state index < -0.39 is 11.3 Å². The van der Waals surface area contributed by atoms with E-state index in [0.717, 1.165) is 51.7 Å². The van der Waals surface area contributed by atoms with Crippen molar-refractivity contribution in [3.63, 3.8) is 0 Å². The molecule has 4 fully saturated rings. The Morgan fingerprint density at radius 2 is 1.19 bits per heavy atom. The number of nitrogens with zero attached hydrogens (tertiary/aromatic N) is 4. The largest absolute Gasteiger partial charge is 0.303 e. The molecule has 3 heterocycles. The van der Waals surface area contributed by atoms with Crippen LogP contribution >= 0.6 is 0 Å². The minimum Gasteiger partial charge on any atom is -0.303 e. The summed E-state index contributed by atoms with van der Waals surface area (Å²) < 4.78 is 30.7. The number of halogens is 2. The first-order chi connectivity index (χ1) is 14.6. The van der Waals surface area contributed by atoms with Crippen molar-refractivity contribution in [1.29, 1.82) is 0 Å². The van der Waals surface area contributed by atoms with Crippen molar-refractivity contribution in [1.82, 2.24) is 19.6 Å². The van der Waals surface area contributed by atoms with Gasteiger partial charge in [0.05, 0.1) is 0 Å². The van der Waals surface area contributed by atoms with Gasteiger partial charge in [0, 0.05) is 78.0 Å². The van der Waals surface area contributed by atoms with Gasteiger partial charge in [-0.2, -0.15) is 0 Å². The molecule has 4 aliphatic rings. The second-order valence-corrected chi connectivity index (χ2v) is 12.2. The molecule has 4 rings (SSSR count). The highest BCUT2D eigenvalue weighted by atomic mass is 19.1. The molecular weight excluding hydrogens is 394 g/mol. The molecule has 0 N–H and O–H groups in total. The van der Waals surface area contributed by atoms with Crippen molar-refractivity contribution in [3.8, 4) is 0 Å². The van der Waals surface area contributed by atoms with Crippen LogP contribution in [0.4, 0.5) is 8.78 Å². The van der Waals surface area contributed by atoms with Crippen molar-refractivity contribution >= 4 is 0 Å². The summed E-state index contributed by atoms with van der Waals surface area (Å²) in [5, 5.41) is 0. The van der Waals surface area contributed by atoms with Crippen LogP contribution in [0.15, 0.2) is 0 Å². The summed E-state index contributed by atoms with van der Waals surface area (Å²) >= 11 is 0. The molecule has 0 unspecified atom stereocenters. The zero-order valence-electron chi connectivity index (χ0n) is 20.5. The van der Waals surface area contributed by atoms with E-state index in [1.54, 1.807) is 0 Å². The van der Waals surface area contributed by atoms with Gasteiger partial charge in [0.1, 0.15) is 11.3 Å². The van der Waals surface area contributed by atoms with Gasteiger partial charge in [0.2, 0.25) is 0 Å². The molecule has 0 radical (unpaired) electrons. The van der Waals surface area contributed by atoms with Gasteiger partial charge in [-0.1, -0.05) is 13.8 Å². The Balaban J connectivity index is 1.15. The minimum atomic E-state index is -1.15. The standard InChI is InChI=1S/C25H46F2N4/c1-21(2)15-23(5-6-23)16-28-9-7-24(26,8-10-28)17-30-19-25(27,20-30)18-29-11-13-31(14-12-29)22(3)4/h21-22H,5-20H2,1-4H3. The molecule has 0 spiro atoms. The van der Waals surface area contributed by atoms with Gasteiger partial charge in [-0.25, -0.2) is 8.78 Å². The normalized spacial score (nSPS) is 29.4. The van der Waals surface area contributed by atoms with Gasteiger partial charge in [0.15, 0.2) is 0 Å². The number of hydrogen-bond acceptors (Lipinski definition) is 4. The van der Waals surface area contributed by atoms with Crippen LogP contribution in [0.5, 0.6) is 0 Å². The first kappa shape index (κ1) is 23.8. The molecule has 0 aromatic carbocycles. The lowest BCUT2D eigenvalue weighted by molar-refractivity contribution is -0.0890. The van der Waals surface area contributed by atoms with E-state index in [1.807, 2.05) is 4.90 Å². The fourth-order valence-corrected chi connectivity index (χ4v) is 6.42. The van der Waals surface area contributed by atoms with E-state index in [0.29, 0.717) is 50.5 Å². The van der Waals surface area contributed by atoms with Crippen molar-refractivity contribution in [2.24, 2.45) is 11.3 Å². The summed E-state index contributed by atoms with van der Waals surface area (Å²) in [6, 6.07) is 0.567. The molecule has 6 heteroatoms. The van der Waals surface area contributed by atoms with E-state index in [1.165, 1.54) is 19.3 Å². The van der Waals surface area contributed by atoms with Crippen molar-refractivity contribution in [2.75, 3.05) is 72.0 Å². The highest BCUT2D eigenvalue weighted by molar-refractivity contribution is 5.03. The Morgan fingerprint density at radius 1 is 0.645 bits per heavy atom. The lowest BCUT2D eigenvalue weighted by Crippen LogP contribution is -2.67. The number of hydrogen-bond donors (Lipinski definition) is 0. The van der Waals surface area contributed by atoms with Gasteiger partial charge in [-0.05, 0) is 57.3 Å². The Morgan fingerprint density at radius 3 is 1.71 bits per heavy atom. The molecule has 0 aromatic rings. The third-order valence-electron chi connectivity index (χ3n) is 8.27. The number of alkyl halides is 2. The predicted molar refractivity (Wildman–Crippen MR) is 124 cm³/mol. The first-order valence-corrected chi connectivity index (χ1v) is 12.9. The summed E-state index contributed by atoms with van der Waals surface area (Å²) in [5.41, 5.74) is -1.75. The van der Waals surface area contributed by atoms with Crippen LogP contribution in [-0.4, -0.2) is 109 Å². The number of likely N-dealkylation sites (tertiary alicyclic amines) is 2. The zero-order valence-corrected chi connectivity index (χ0v) is 20.5. The van der Waals surface area contributed by atoms with E-state index in [2.05, 4.69) is 42.4 Å². The highest BCUT2D eigenvalue weighted by Crippen LogP contribution is 2.51. The fraction of sp³-hybridized carbons (Fsp3) is 1.00. The Kier molecular flexibility index (Phi) is 7.04. The lowest BCUT2D eigenvalue weighted by atomic mass is 9.87. The molecule has 0 atom stereocenters. The summed E-state index contributed by atoms with van der Waals surface area (Å²) in [6.45, 7) is 17.7. The van der Waals surface area contributed by atoms with Gasteiger partial charge in [0.25, 0.3) is 0 Å². The van der Waals surface area contributed by atoms with E-state index >= 15 is 8.78 Å². The van der Waals surface area contributed by atoms with Crippen LogP contribution in [0.3, 0.4) is 0 Å². The van der Waals surface area contributed by atoms with E-state index in [-0.39, 0.29) is 0 Å². The predicted octanol–water partition coefficient (Wildman–Crippen LogP) is 3.67. The average Bonchev–Trinajstić information content (AvgIpc) is 3.41. The van der Waals surface area contributed by atoms with Crippen molar-refractivity contribution in [2.45, 2.75) is 77.2 Å². The molecule has 0 bridgehead atoms. The van der Waals surface area contributed by atoms with Gasteiger partial charge < -0.3 is 4.90 Å². The van der Waals surface area contributed by atoms with Crippen molar-refractivity contribution < 1.29 is 8.78 Å². The van der Waals surface area contributed by atoms with E-state index in [9.17, 15) is 0 Å². The number of piperidine rings is 1. The molecule has 1 saturated carbocycles. The third kappa shape index (κ3) is 6.18. The molecule has 3 saturated heterocycles. The Bertz CT molecular complexity index is 584. The first-order valence-electron chi connectivity index (χ1n) is 12.9. The molecule has 1 aliphatic carbocycles. The quantitative estimate of drug-likeness (QED) is 0.542. The van der Waals surface area contributed by atoms with Crippen LogP contribution in [0.2, 0.25) is 0 Å². The highest BCUT2D eigenvalue weighted by Gasteiger charge is 2.49. The fourth-order valence-electron chi connectivity index (χ4n) is 6.42. The maximum absolute atomic E-state index is 15.5. The number of rotatable bonds is 9. The average molecular weight is 441 g/mol. The molecule has 4 nitrogen and oxygen atoms in total. The maximum atomic E-state index is 15.5. The summed E-state index contributed by atoms with van der Waals surface area (Å²) in [6.07, 6.45) is 5.22. The second kappa shape index (κ2) is 9.15. The topological polar surface area (TPSA) is 13.0 Å². The molecule has 0 aromatic heterocycles. The number of piperazine rings is 1. The second-order valence-electron chi connectivity index (χ2n) is 12.2. The maximum Gasteiger partial charge on any atom is 0.148 e. The molecule has 180 valence electrons. The third-order valence-corrected chi connectivity index (χ3v) is 8.27.